The molecule has 0 radical (unpaired) electrons. The van der Waals surface area contributed by atoms with Gasteiger partial charge in [0.05, 0.1) is 6.21 Å². The SMILES string of the molecule is CC(C)Cc1nc(C#N)c(N/N=C/c2ccc(OCc3ccccc3)cc2)o1. The molecule has 3 aromatic rings. The molecule has 0 fully saturated rings. The van der Waals surface area contributed by atoms with Gasteiger partial charge in [0.1, 0.15) is 18.4 Å². The van der Waals surface area contributed by atoms with Crippen molar-refractivity contribution < 1.29 is 9.15 Å². The van der Waals surface area contributed by atoms with E-state index in [4.69, 9.17) is 14.4 Å². The normalized spacial score (nSPS) is 10.9. The lowest BCUT2D eigenvalue weighted by Crippen LogP contribution is -1.95. The summed E-state index contributed by atoms with van der Waals surface area (Å²) in [5.74, 6) is 1.97. The van der Waals surface area contributed by atoms with Crippen LogP contribution in [0.15, 0.2) is 64.1 Å². The van der Waals surface area contributed by atoms with E-state index in [1.54, 1.807) is 6.21 Å². The number of nitriles is 1. The van der Waals surface area contributed by atoms with E-state index in [2.05, 4.69) is 29.4 Å². The van der Waals surface area contributed by atoms with E-state index in [1.165, 1.54) is 0 Å². The average molecular weight is 374 g/mol. The lowest BCUT2D eigenvalue weighted by atomic mass is 10.1. The molecule has 0 atom stereocenters. The largest absolute Gasteiger partial charge is 0.489 e. The number of hydrogen-bond donors (Lipinski definition) is 1. The molecule has 6 heteroatoms. The Kier molecular flexibility index (Phi) is 6.42. The number of ether oxygens (including phenoxy) is 1. The fourth-order valence-electron chi connectivity index (χ4n) is 2.51. The Labute approximate surface area is 164 Å². The van der Waals surface area contributed by atoms with Gasteiger partial charge in [0, 0.05) is 6.42 Å². The van der Waals surface area contributed by atoms with Crippen molar-refractivity contribution in [2.75, 3.05) is 5.43 Å². The summed E-state index contributed by atoms with van der Waals surface area (Å²) in [5, 5.41) is 13.3. The van der Waals surface area contributed by atoms with Crippen molar-refractivity contribution in [2.45, 2.75) is 26.9 Å². The molecule has 0 saturated carbocycles. The lowest BCUT2D eigenvalue weighted by Gasteiger charge is -2.06. The van der Waals surface area contributed by atoms with Gasteiger partial charge in [0.25, 0.3) is 5.88 Å². The fraction of sp³-hybridized carbons (Fsp3) is 0.227. The van der Waals surface area contributed by atoms with Crippen LogP contribution in [-0.2, 0) is 13.0 Å². The Balaban J connectivity index is 1.56. The van der Waals surface area contributed by atoms with E-state index >= 15 is 0 Å². The zero-order valence-corrected chi connectivity index (χ0v) is 15.9. The highest BCUT2D eigenvalue weighted by molar-refractivity contribution is 5.80. The Hall–Kier alpha value is -3.59. The summed E-state index contributed by atoms with van der Waals surface area (Å²) in [6.45, 7) is 4.65. The first-order valence-corrected chi connectivity index (χ1v) is 9.09. The van der Waals surface area contributed by atoms with Crippen molar-refractivity contribution in [2.24, 2.45) is 11.0 Å². The predicted molar refractivity (Wildman–Crippen MR) is 108 cm³/mol. The molecule has 0 saturated heterocycles. The molecule has 142 valence electrons. The first-order valence-electron chi connectivity index (χ1n) is 9.09. The molecule has 0 aliphatic heterocycles. The zero-order chi connectivity index (χ0) is 19.8. The van der Waals surface area contributed by atoms with E-state index in [1.807, 2.05) is 60.7 Å². The molecule has 0 bridgehead atoms. The molecule has 0 amide bonds. The van der Waals surface area contributed by atoms with Crippen LogP contribution in [0.4, 0.5) is 5.88 Å². The van der Waals surface area contributed by atoms with E-state index in [0.29, 0.717) is 24.8 Å². The third-order valence-electron chi connectivity index (χ3n) is 3.87. The van der Waals surface area contributed by atoms with Gasteiger partial charge in [0.2, 0.25) is 5.69 Å². The minimum atomic E-state index is 0.206. The molecule has 2 aromatic carbocycles. The highest BCUT2D eigenvalue weighted by Crippen LogP contribution is 2.19. The first kappa shape index (κ1) is 19.2. The monoisotopic (exact) mass is 374 g/mol. The predicted octanol–water partition coefficient (Wildman–Crippen LogP) is 4.77. The molecule has 1 aromatic heterocycles. The Morgan fingerprint density at radius 3 is 2.61 bits per heavy atom. The standard InChI is InChI=1S/C22H22N4O2/c1-16(2)12-21-25-20(13-23)22(28-21)26-24-14-17-8-10-19(11-9-17)27-15-18-6-4-3-5-7-18/h3-11,14,16,26H,12,15H2,1-2H3/b24-14+. The van der Waals surface area contributed by atoms with Gasteiger partial charge >= 0.3 is 0 Å². The Bertz CT molecular complexity index is 954. The smallest absolute Gasteiger partial charge is 0.252 e. The summed E-state index contributed by atoms with van der Waals surface area (Å²) in [6, 6.07) is 19.6. The van der Waals surface area contributed by atoms with Crippen LogP contribution in [0, 0.1) is 17.2 Å². The van der Waals surface area contributed by atoms with Crippen LogP contribution in [0.25, 0.3) is 0 Å². The summed E-state index contributed by atoms with van der Waals surface area (Å²) in [4.78, 5) is 4.17. The van der Waals surface area contributed by atoms with Crippen molar-refractivity contribution in [3.05, 3.63) is 77.3 Å². The number of nitrogens with zero attached hydrogens (tertiary/aromatic N) is 3. The van der Waals surface area contributed by atoms with Crippen molar-refractivity contribution in [1.82, 2.24) is 4.98 Å². The van der Waals surface area contributed by atoms with Crippen molar-refractivity contribution in [3.63, 3.8) is 0 Å². The third kappa shape index (κ3) is 5.45. The molecule has 1 N–H and O–H groups in total. The average Bonchev–Trinajstić information content (AvgIpc) is 3.09. The Morgan fingerprint density at radius 2 is 1.93 bits per heavy atom. The molecule has 3 rings (SSSR count). The maximum Gasteiger partial charge on any atom is 0.252 e. The number of hydrogen-bond acceptors (Lipinski definition) is 6. The van der Waals surface area contributed by atoms with Gasteiger partial charge in [-0.25, -0.2) is 10.4 Å². The number of rotatable bonds is 8. The molecule has 1 heterocycles. The zero-order valence-electron chi connectivity index (χ0n) is 15.9. The van der Waals surface area contributed by atoms with E-state index in [0.717, 1.165) is 16.9 Å². The Morgan fingerprint density at radius 1 is 1.18 bits per heavy atom. The molecular formula is C22H22N4O2. The molecule has 0 aliphatic rings. The summed E-state index contributed by atoms with van der Waals surface area (Å²) in [7, 11) is 0. The van der Waals surface area contributed by atoms with Crippen LogP contribution in [0.5, 0.6) is 5.75 Å². The summed E-state index contributed by atoms with van der Waals surface area (Å²) >= 11 is 0. The second-order valence-corrected chi connectivity index (χ2v) is 6.71. The van der Waals surface area contributed by atoms with Gasteiger partial charge in [-0.1, -0.05) is 44.2 Å². The fourth-order valence-corrected chi connectivity index (χ4v) is 2.51. The van der Waals surface area contributed by atoms with Crippen LogP contribution in [0.2, 0.25) is 0 Å². The van der Waals surface area contributed by atoms with E-state index in [9.17, 15) is 0 Å². The second kappa shape index (κ2) is 9.38. The van der Waals surface area contributed by atoms with E-state index in [-0.39, 0.29) is 11.6 Å². The summed E-state index contributed by atoms with van der Waals surface area (Å²) < 4.78 is 11.3. The summed E-state index contributed by atoms with van der Waals surface area (Å²) in [5.41, 5.74) is 4.97. The molecule has 0 spiro atoms. The number of aromatic nitrogens is 1. The first-order chi connectivity index (χ1) is 13.6. The molecule has 6 nitrogen and oxygen atoms in total. The lowest BCUT2D eigenvalue weighted by molar-refractivity contribution is 0.306. The number of anilines is 1. The molecular weight excluding hydrogens is 352 g/mol. The van der Waals surface area contributed by atoms with Gasteiger partial charge in [-0.05, 0) is 41.3 Å². The molecule has 0 aliphatic carbocycles. The minimum absolute atomic E-state index is 0.206. The van der Waals surface area contributed by atoms with Gasteiger partial charge in [-0.3, -0.25) is 0 Å². The van der Waals surface area contributed by atoms with Crippen LogP contribution >= 0.6 is 0 Å². The molecule has 0 unspecified atom stereocenters. The van der Waals surface area contributed by atoms with E-state index < -0.39 is 0 Å². The van der Waals surface area contributed by atoms with Crippen LogP contribution in [0.3, 0.4) is 0 Å². The van der Waals surface area contributed by atoms with Gasteiger partial charge in [-0.2, -0.15) is 10.4 Å². The number of nitrogens with one attached hydrogen (secondary N) is 1. The van der Waals surface area contributed by atoms with Gasteiger partial charge in [0.15, 0.2) is 5.89 Å². The van der Waals surface area contributed by atoms with Crippen molar-refractivity contribution in [3.8, 4) is 11.8 Å². The highest BCUT2D eigenvalue weighted by Gasteiger charge is 2.13. The minimum Gasteiger partial charge on any atom is -0.489 e. The third-order valence-corrected chi connectivity index (χ3v) is 3.87. The molecule has 28 heavy (non-hydrogen) atoms. The van der Waals surface area contributed by atoms with Crippen LogP contribution < -0.4 is 10.2 Å². The topological polar surface area (TPSA) is 83.4 Å². The van der Waals surface area contributed by atoms with Crippen LogP contribution in [-0.4, -0.2) is 11.2 Å². The second-order valence-electron chi connectivity index (χ2n) is 6.71. The van der Waals surface area contributed by atoms with Crippen molar-refractivity contribution in [1.29, 1.82) is 5.26 Å². The summed E-state index contributed by atoms with van der Waals surface area (Å²) in [6.07, 6.45) is 2.32. The quantitative estimate of drug-likeness (QED) is 0.453. The van der Waals surface area contributed by atoms with Crippen molar-refractivity contribution >= 4 is 12.1 Å². The highest BCUT2D eigenvalue weighted by atomic mass is 16.5. The van der Waals surface area contributed by atoms with Crippen LogP contribution in [0.1, 0.15) is 36.6 Å². The number of oxazole rings is 1. The maximum absolute atomic E-state index is 9.17. The number of hydrazone groups is 1. The van der Waals surface area contributed by atoms with Gasteiger partial charge < -0.3 is 9.15 Å². The maximum atomic E-state index is 9.17. The van der Waals surface area contributed by atoms with Gasteiger partial charge in [-0.15, -0.1) is 0 Å². The number of benzene rings is 2.